The first-order chi connectivity index (χ1) is 13.6. The third kappa shape index (κ3) is 4.22. The van der Waals surface area contributed by atoms with Crippen LogP contribution in [-0.2, 0) is 11.3 Å². The van der Waals surface area contributed by atoms with Gasteiger partial charge in [0.1, 0.15) is 6.54 Å². The Kier molecular flexibility index (Phi) is 5.38. The van der Waals surface area contributed by atoms with Crippen LogP contribution in [0.1, 0.15) is 41.7 Å². The average Bonchev–Trinajstić information content (AvgIpc) is 3.31. The molecule has 2 atom stereocenters. The Morgan fingerprint density at radius 2 is 2.00 bits per heavy atom. The summed E-state index contributed by atoms with van der Waals surface area (Å²) >= 11 is 1.57. The molecule has 0 spiro atoms. The summed E-state index contributed by atoms with van der Waals surface area (Å²) in [5.41, 5.74) is 2.34. The van der Waals surface area contributed by atoms with Gasteiger partial charge in [0.15, 0.2) is 0 Å². The minimum atomic E-state index is -0.142. The lowest BCUT2D eigenvalue weighted by Crippen LogP contribution is -2.53. The van der Waals surface area contributed by atoms with Gasteiger partial charge < -0.3 is 10.6 Å². The third-order valence-corrected chi connectivity index (χ3v) is 5.93. The van der Waals surface area contributed by atoms with Gasteiger partial charge >= 0.3 is 0 Å². The molecule has 0 saturated heterocycles. The fourth-order valence-corrected chi connectivity index (χ4v) is 4.43. The van der Waals surface area contributed by atoms with E-state index in [1.54, 1.807) is 28.4 Å². The van der Waals surface area contributed by atoms with Gasteiger partial charge in [-0.1, -0.05) is 12.8 Å². The number of aryl methyl sites for hydroxylation is 1. The number of hydrogen-bond acceptors (Lipinski definition) is 5. The van der Waals surface area contributed by atoms with Crippen molar-refractivity contribution in [3.8, 4) is 0 Å². The summed E-state index contributed by atoms with van der Waals surface area (Å²) in [6.45, 7) is 2.08. The SMILES string of the molecule is Cc1ccn(CC(=O)N[C@@H]2CCCC[C@H]2NC(=O)c2cnc3ccsc3c2)n1. The second-order valence-corrected chi connectivity index (χ2v) is 8.17. The van der Waals surface area contributed by atoms with Crippen molar-refractivity contribution in [2.75, 3.05) is 0 Å². The Morgan fingerprint density at radius 3 is 2.75 bits per heavy atom. The molecule has 3 heterocycles. The lowest BCUT2D eigenvalue weighted by atomic mass is 9.90. The zero-order valence-electron chi connectivity index (χ0n) is 15.7. The number of carbonyl (C=O) groups excluding carboxylic acids is 2. The maximum Gasteiger partial charge on any atom is 0.253 e. The summed E-state index contributed by atoms with van der Waals surface area (Å²) in [5.74, 6) is -0.229. The highest BCUT2D eigenvalue weighted by atomic mass is 32.1. The van der Waals surface area contributed by atoms with E-state index in [1.165, 1.54) is 0 Å². The van der Waals surface area contributed by atoms with Crippen LogP contribution in [-0.4, -0.2) is 38.7 Å². The average molecular weight is 398 g/mol. The molecule has 0 aromatic carbocycles. The molecule has 1 aliphatic carbocycles. The fraction of sp³-hybridized carbons (Fsp3) is 0.400. The smallest absolute Gasteiger partial charge is 0.253 e. The minimum absolute atomic E-state index is 0.0692. The number of amides is 2. The summed E-state index contributed by atoms with van der Waals surface area (Å²) in [5, 5.41) is 12.4. The van der Waals surface area contributed by atoms with Gasteiger partial charge in [-0.3, -0.25) is 19.3 Å². The number of fused-ring (bicyclic) bond motifs is 1. The molecule has 2 amide bonds. The highest BCUT2D eigenvalue weighted by Crippen LogP contribution is 2.21. The van der Waals surface area contributed by atoms with E-state index < -0.39 is 0 Å². The first kappa shape index (κ1) is 18.6. The van der Waals surface area contributed by atoms with Crippen LogP contribution >= 0.6 is 11.3 Å². The molecule has 1 aliphatic rings. The Hall–Kier alpha value is -2.74. The molecule has 4 rings (SSSR count). The molecule has 3 aromatic heterocycles. The van der Waals surface area contributed by atoms with Crippen LogP contribution < -0.4 is 10.6 Å². The van der Waals surface area contributed by atoms with Crippen LogP contribution in [0.4, 0.5) is 0 Å². The molecule has 0 unspecified atom stereocenters. The van der Waals surface area contributed by atoms with E-state index in [4.69, 9.17) is 0 Å². The molecule has 0 bridgehead atoms. The van der Waals surface area contributed by atoms with Crippen LogP contribution in [0.25, 0.3) is 10.2 Å². The predicted octanol–water partition coefficient (Wildman–Crippen LogP) is 2.66. The monoisotopic (exact) mass is 397 g/mol. The Morgan fingerprint density at radius 1 is 1.21 bits per heavy atom. The molecule has 3 aromatic rings. The fourth-order valence-electron chi connectivity index (χ4n) is 3.65. The van der Waals surface area contributed by atoms with E-state index in [2.05, 4.69) is 20.7 Å². The first-order valence-corrected chi connectivity index (χ1v) is 10.4. The predicted molar refractivity (Wildman–Crippen MR) is 108 cm³/mol. The number of thiophene rings is 1. The lowest BCUT2D eigenvalue weighted by molar-refractivity contribution is -0.123. The van der Waals surface area contributed by atoms with Crippen LogP contribution in [0, 0.1) is 6.92 Å². The summed E-state index contributed by atoms with van der Waals surface area (Å²) in [6, 6.07) is 5.53. The molecule has 0 aliphatic heterocycles. The molecular weight excluding hydrogens is 374 g/mol. The zero-order valence-corrected chi connectivity index (χ0v) is 16.5. The van der Waals surface area contributed by atoms with Crippen LogP contribution in [0.15, 0.2) is 36.0 Å². The second-order valence-electron chi connectivity index (χ2n) is 7.22. The molecule has 2 N–H and O–H groups in total. The van der Waals surface area contributed by atoms with Gasteiger partial charge in [0.05, 0.1) is 21.5 Å². The Bertz CT molecular complexity index is 995. The molecule has 28 heavy (non-hydrogen) atoms. The van der Waals surface area contributed by atoms with Crippen molar-refractivity contribution < 1.29 is 9.59 Å². The number of carbonyl (C=O) groups is 2. The van der Waals surface area contributed by atoms with Crippen LogP contribution in [0.2, 0.25) is 0 Å². The molecule has 146 valence electrons. The quantitative estimate of drug-likeness (QED) is 0.693. The molecular formula is C20H23N5O2S. The van der Waals surface area contributed by atoms with Gasteiger partial charge in [0.2, 0.25) is 5.91 Å². The zero-order chi connectivity index (χ0) is 19.5. The van der Waals surface area contributed by atoms with E-state index >= 15 is 0 Å². The largest absolute Gasteiger partial charge is 0.350 e. The van der Waals surface area contributed by atoms with Crippen molar-refractivity contribution in [1.82, 2.24) is 25.4 Å². The molecule has 1 fully saturated rings. The Balaban J connectivity index is 1.40. The molecule has 0 radical (unpaired) electrons. The molecule has 8 heteroatoms. The van der Waals surface area contributed by atoms with Crippen molar-refractivity contribution >= 4 is 33.4 Å². The topological polar surface area (TPSA) is 88.9 Å². The minimum Gasteiger partial charge on any atom is -0.350 e. The highest BCUT2D eigenvalue weighted by Gasteiger charge is 2.28. The third-order valence-electron chi connectivity index (χ3n) is 5.07. The number of pyridine rings is 1. The first-order valence-electron chi connectivity index (χ1n) is 9.52. The van der Waals surface area contributed by atoms with Crippen molar-refractivity contribution in [3.63, 3.8) is 0 Å². The van der Waals surface area contributed by atoms with Crippen LogP contribution in [0.5, 0.6) is 0 Å². The van der Waals surface area contributed by atoms with Gasteiger partial charge in [0, 0.05) is 24.5 Å². The van der Waals surface area contributed by atoms with Crippen LogP contribution in [0.3, 0.4) is 0 Å². The normalized spacial score (nSPS) is 19.5. The maximum absolute atomic E-state index is 12.7. The summed E-state index contributed by atoms with van der Waals surface area (Å²) < 4.78 is 2.62. The summed E-state index contributed by atoms with van der Waals surface area (Å²) in [4.78, 5) is 29.5. The Labute approximate surface area is 167 Å². The van der Waals surface area contributed by atoms with E-state index in [0.717, 1.165) is 41.6 Å². The number of hydrogen-bond donors (Lipinski definition) is 2. The lowest BCUT2D eigenvalue weighted by Gasteiger charge is -2.32. The van der Waals surface area contributed by atoms with Gasteiger partial charge in [0.25, 0.3) is 5.91 Å². The van der Waals surface area contributed by atoms with Crippen molar-refractivity contribution in [2.24, 2.45) is 0 Å². The van der Waals surface area contributed by atoms with Gasteiger partial charge in [-0.15, -0.1) is 11.3 Å². The number of rotatable bonds is 5. The second kappa shape index (κ2) is 8.10. The van der Waals surface area contributed by atoms with E-state index in [0.29, 0.717) is 5.56 Å². The van der Waals surface area contributed by atoms with Crippen molar-refractivity contribution in [3.05, 3.63) is 47.2 Å². The number of nitrogens with one attached hydrogen (secondary N) is 2. The standard InChI is InChI=1S/C20H23N5O2S/c1-13-6-8-25(24-13)12-19(26)22-15-4-2-3-5-16(15)23-20(27)14-10-18-17(21-11-14)7-9-28-18/h6-11,15-16H,2-5,12H2,1H3,(H,22,26)(H,23,27)/t15-,16-/m1/s1. The van der Waals surface area contributed by atoms with Gasteiger partial charge in [-0.2, -0.15) is 5.10 Å². The number of nitrogens with zero attached hydrogens (tertiary/aromatic N) is 3. The van der Waals surface area contributed by atoms with E-state index in [9.17, 15) is 9.59 Å². The van der Waals surface area contributed by atoms with E-state index in [-0.39, 0.29) is 30.4 Å². The highest BCUT2D eigenvalue weighted by molar-refractivity contribution is 7.17. The molecule has 1 saturated carbocycles. The van der Waals surface area contributed by atoms with Gasteiger partial charge in [-0.25, -0.2) is 0 Å². The number of aromatic nitrogens is 3. The van der Waals surface area contributed by atoms with E-state index in [1.807, 2.05) is 30.5 Å². The van der Waals surface area contributed by atoms with Crippen molar-refractivity contribution in [1.29, 1.82) is 0 Å². The summed E-state index contributed by atoms with van der Waals surface area (Å²) in [7, 11) is 0. The maximum atomic E-state index is 12.7. The summed E-state index contributed by atoms with van der Waals surface area (Å²) in [6.07, 6.45) is 7.20. The van der Waals surface area contributed by atoms with Gasteiger partial charge in [-0.05, 0) is 43.3 Å². The molecule has 7 nitrogen and oxygen atoms in total. The van der Waals surface area contributed by atoms with Crippen molar-refractivity contribution in [2.45, 2.75) is 51.2 Å².